The number of rotatable bonds is 4. The van der Waals surface area contributed by atoms with Gasteiger partial charge in [-0.25, -0.2) is 0 Å². The zero-order chi connectivity index (χ0) is 31.5. The Morgan fingerprint density at radius 3 is 1.52 bits per heavy atom. The molecule has 1 fully saturated rings. The van der Waals surface area contributed by atoms with Crippen LogP contribution in [0.3, 0.4) is 0 Å². The van der Waals surface area contributed by atoms with Crippen LogP contribution in [0.15, 0.2) is 33.9 Å². The molecule has 10 nitrogen and oxygen atoms in total. The Labute approximate surface area is 255 Å². The third kappa shape index (κ3) is 3.53. The number of fused-ring (bicyclic) bond motifs is 12. The van der Waals surface area contributed by atoms with E-state index in [9.17, 15) is 9.59 Å². The largest absolute Gasteiger partial charge is 0.493 e. The number of benzene rings is 2. The summed E-state index contributed by atoms with van der Waals surface area (Å²) in [5.74, 6) is 2.56. The van der Waals surface area contributed by atoms with Gasteiger partial charge in [-0.3, -0.25) is 9.59 Å². The Hall–Kier alpha value is -4.34. The number of hydrogen-bond donors (Lipinski definition) is 0. The van der Waals surface area contributed by atoms with E-state index in [1.54, 1.807) is 51.7 Å². The minimum absolute atomic E-state index is 0.156. The number of nitrogens with zero attached hydrogens (tertiary/aromatic N) is 2. The number of aromatic nitrogens is 2. The molecule has 44 heavy (non-hydrogen) atoms. The van der Waals surface area contributed by atoms with Crippen LogP contribution in [0.5, 0.6) is 34.5 Å². The van der Waals surface area contributed by atoms with Crippen molar-refractivity contribution in [3.63, 3.8) is 0 Å². The van der Waals surface area contributed by atoms with Gasteiger partial charge in [0.1, 0.15) is 33.7 Å². The van der Waals surface area contributed by atoms with Gasteiger partial charge in [0.15, 0.2) is 23.0 Å². The van der Waals surface area contributed by atoms with E-state index in [0.29, 0.717) is 69.5 Å². The number of aryl methyl sites for hydroxylation is 2. The van der Waals surface area contributed by atoms with Crippen LogP contribution in [0.4, 0.5) is 0 Å². The first-order chi connectivity index (χ1) is 20.9. The van der Waals surface area contributed by atoms with Gasteiger partial charge in [-0.2, -0.15) is 0 Å². The van der Waals surface area contributed by atoms with Crippen molar-refractivity contribution in [1.29, 1.82) is 0 Å². The highest BCUT2D eigenvalue weighted by Crippen LogP contribution is 2.63. The number of methoxy groups -OCH3 is 4. The molecule has 2 aliphatic heterocycles. The van der Waals surface area contributed by atoms with Gasteiger partial charge in [0.25, 0.3) is 11.1 Å². The third-order valence-corrected chi connectivity index (χ3v) is 10.2. The van der Waals surface area contributed by atoms with Gasteiger partial charge in [-0.1, -0.05) is 0 Å². The van der Waals surface area contributed by atoms with Crippen molar-refractivity contribution >= 4 is 21.8 Å². The Morgan fingerprint density at radius 1 is 0.682 bits per heavy atom. The predicted molar refractivity (Wildman–Crippen MR) is 167 cm³/mol. The van der Waals surface area contributed by atoms with Crippen LogP contribution in [-0.2, 0) is 14.1 Å². The Morgan fingerprint density at radius 2 is 1.11 bits per heavy atom. The lowest BCUT2D eigenvalue weighted by atomic mass is 9.56. The molecule has 4 heterocycles. The van der Waals surface area contributed by atoms with Crippen molar-refractivity contribution in [2.24, 2.45) is 20.0 Å². The Kier molecular flexibility index (Phi) is 6.03. The number of hydrogen-bond acceptors (Lipinski definition) is 8. The molecule has 0 unspecified atom stereocenters. The minimum atomic E-state index is -0.720. The molecule has 0 radical (unpaired) electrons. The van der Waals surface area contributed by atoms with Crippen LogP contribution >= 0.6 is 0 Å². The van der Waals surface area contributed by atoms with Crippen molar-refractivity contribution in [3.8, 4) is 34.5 Å². The topological polar surface area (TPSA) is 99.4 Å². The molecule has 2 aromatic heterocycles. The molecule has 0 amide bonds. The van der Waals surface area contributed by atoms with E-state index in [1.165, 1.54) is 0 Å². The SMILES string of the molecule is COc1ccc2c3c(c(=O)n(C)c2c1OC)[C@H]1C[C@@](C)(C[C@H]2c4c(c5ccc(OC)c(OC)c5n(C)c4=O)OC(C)(C)[C@@H]12)O3. The molecular formula is C34H38N2O8. The van der Waals surface area contributed by atoms with Crippen molar-refractivity contribution in [2.75, 3.05) is 28.4 Å². The summed E-state index contributed by atoms with van der Waals surface area (Å²) in [6.07, 6.45) is 1.22. The van der Waals surface area contributed by atoms with Crippen LogP contribution in [0.2, 0.25) is 0 Å². The van der Waals surface area contributed by atoms with E-state index in [4.69, 9.17) is 28.4 Å². The molecule has 7 rings (SSSR count). The van der Waals surface area contributed by atoms with Crippen molar-refractivity contribution in [1.82, 2.24) is 9.13 Å². The third-order valence-electron chi connectivity index (χ3n) is 10.2. The molecule has 0 saturated heterocycles. The van der Waals surface area contributed by atoms with E-state index in [1.807, 2.05) is 24.3 Å². The number of ether oxygens (including phenoxy) is 6. The van der Waals surface area contributed by atoms with Crippen molar-refractivity contribution in [3.05, 3.63) is 56.1 Å². The van der Waals surface area contributed by atoms with Crippen LogP contribution in [0, 0.1) is 5.92 Å². The molecule has 2 bridgehead atoms. The lowest BCUT2D eigenvalue weighted by molar-refractivity contribution is -0.0798. The van der Waals surface area contributed by atoms with Gasteiger partial charge in [-0.15, -0.1) is 0 Å². The first-order valence-electron chi connectivity index (χ1n) is 14.8. The molecule has 10 heteroatoms. The molecule has 1 aliphatic carbocycles. The summed E-state index contributed by atoms with van der Waals surface area (Å²) in [6, 6.07) is 7.53. The van der Waals surface area contributed by atoms with Crippen LogP contribution in [0.1, 0.15) is 56.6 Å². The monoisotopic (exact) mass is 602 g/mol. The van der Waals surface area contributed by atoms with Crippen molar-refractivity contribution in [2.45, 2.75) is 56.7 Å². The van der Waals surface area contributed by atoms with E-state index in [2.05, 4.69) is 20.8 Å². The zero-order valence-corrected chi connectivity index (χ0v) is 26.6. The van der Waals surface area contributed by atoms with E-state index in [0.717, 1.165) is 10.8 Å². The van der Waals surface area contributed by atoms with Crippen LogP contribution < -0.4 is 39.5 Å². The normalized spacial score (nSPS) is 24.4. The number of pyridine rings is 2. The molecular weight excluding hydrogens is 564 g/mol. The quantitative estimate of drug-likeness (QED) is 0.321. The van der Waals surface area contributed by atoms with E-state index >= 15 is 0 Å². The molecule has 0 N–H and O–H groups in total. The van der Waals surface area contributed by atoms with Crippen LogP contribution in [-0.4, -0.2) is 48.8 Å². The van der Waals surface area contributed by atoms with E-state index < -0.39 is 11.2 Å². The predicted octanol–water partition coefficient (Wildman–Crippen LogP) is 5.02. The standard InChI is InChI=1S/C34H38N2O8/c1-33(2)24-18(22-27(43-33)16-10-12-20(39-6)29(41-8)25(16)35(4)31(22)37)14-34(3)15-19(24)23-28(44-34)17-11-13-21(40-7)30(42-9)26(17)36(5)32(23)38/h10-13,18-19,24H,14-15H2,1-9H3/t18-,19+,24+,34+/m0/s1. The maximum atomic E-state index is 14.3. The summed E-state index contributed by atoms with van der Waals surface area (Å²) < 4.78 is 39.5. The van der Waals surface area contributed by atoms with Crippen LogP contribution in [0.25, 0.3) is 21.8 Å². The molecule has 4 atom stereocenters. The Bertz CT molecular complexity index is 1890. The maximum absolute atomic E-state index is 14.3. The highest BCUT2D eigenvalue weighted by molar-refractivity contribution is 5.95. The van der Waals surface area contributed by atoms with E-state index in [-0.39, 0.29) is 28.9 Å². The highest BCUT2D eigenvalue weighted by atomic mass is 16.5. The average molecular weight is 603 g/mol. The molecule has 2 aromatic carbocycles. The van der Waals surface area contributed by atoms with Gasteiger partial charge in [0.05, 0.1) is 39.6 Å². The minimum Gasteiger partial charge on any atom is -0.493 e. The molecule has 3 aliphatic rings. The van der Waals surface area contributed by atoms with Gasteiger partial charge < -0.3 is 37.6 Å². The first-order valence-corrected chi connectivity index (χ1v) is 14.8. The second-order valence-corrected chi connectivity index (χ2v) is 13.0. The lowest BCUT2D eigenvalue weighted by Crippen LogP contribution is -2.58. The maximum Gasteiger partial charge on any atom is 0.258 e. The Balaban J connectivity index is 1.51. The zero-order valence-electron chi connectivity index (χ0n) is 26.6. The fourth-order valence-electron chi connectivity index (χ4n) is 8.52. The average Bonchev–Trinajstić information content (AvgIpc) is 2.99. The molecule has 0 spiro atoms. The summed E-state index contributed by atoms with van der Waals surface area (Å²) in [5.41, 5.74) is 0.791. The smallest absolute Gasteiger partial charge is 0.258 e. The molecule has 1 saturated carbocycles. The summed E-state index contributed by atoms with van der Waals surface area (Å²) in [5, 5.41) is 1.56. The van der Waals surface area contributed by atoms with Gasteiger partial charge in [0, 0.05) is 42.6 Å². The lowest BCUT2D eigenvalue weighted by Gasteiger charge is -2.57. The first kappa shape index (κ1) is 28.4. The second kappa shape index (κ2) is 9.33. The van der Waals surface area contributed by atoms with Crippen molar-refractivity contribution < 1.29 is 28.4 Å². The fourth-order valence-corrected chi connectivity index (χ4v) is 8.52. The second-order valence-electron chi connectivity index (χ2n) is 13.0. The molecule has 232 valence electrons. The highest BCUT2D eigenvalue weighted by Gasteiger charge is 2.59. The fraction of sp³-hybridized carbons (Fsp3) is 0.471. The van der Waals surface area contributed by atoms with Gasteiger partial charge in [0.2, 0.25) is 0 Å². The molecule has 4 aromatic rings. The summed E-state index contributed by atoms with van der Waals surface area (Å²) in [4.78, 5) is 28.6. The summed E-state index contributed by atoms with van der Waals surface area (Å²) in [6.45, 7) is 6.22. The van der Waals surface area contributed by atoms with Gasteiger partial charge in [-0.05, 0) is 57.9 Å². The van der Waals surface area contributed by atoms with Gasteiger partial charge >= 0.3 is 0 Å². The summed E-state index contributed by atoms with van der Waals surface area (Å²) in [7, 11) is 9.79. The summed E-state index contributed by atoms with van der Waals surface area (Å²) >= 11 is 0.